The van der Waals surface area contributed by atoms with Crippen LogP contribution >= 0.6 is 0 Å². The van der Waals surface area contributed by atoms with Gasteiger partial charge >= 0.3 is 6.03 Å². The van der Waals surface area contributed by atoms with E-state index in [9.17, 15) is 9.59 Å². The number of nitrogens with zero attached hydrogens (tertiary/aromatic N) is 2. The number of piperidine rings is 1. The molecule has 1 aliphatic heterocycles. The van der Waals surface area contributed by atoms with Crippen LogP contribution in [0.3, 0.4) is 0 Å². The van der Waals surface area contributed by atoms with Crippen LogP contribution in [0.25, 0.3) is 0 Å². The summed E-state index contributed by atoms with van der Waals surface area (Å²) in [5.74, 6) is 0.367. The first-order valence-corrected chi connectivity index (χ1v) is 11.4. The van der Waals surface area contributed by atoms with Gasteiger partial charge in [0.2, 0.25) is 0 Å². The predicted octanol–water partition coefficient (Wildman–Crippen LogP) is 4.65. The molecule has 2 aromatic carbocycles. The number of nitrogens with one attached hydrogen (secondary N) is 3. The molecule has 3 aromatic rings. The van der Waals surface area contributed by atoms with Crippen LogP contribution in [-0.4, -0.2) is 37.1 Å². The molecule has 0 atom stereocenters. The van der Waals surface area contributed by atoms with Crippen molar-refractivity contribution in [2.45, 2.75) is 25.8 Å². The minimum atomic E-state index is -0.419. The van der Waals surface area contributed by atoms with Gasteiger partial charge in [-0.25, -0.2) is 4.79 Å². The van der Waals surface area contributed by atoms with Gasteiger partial charge in [0.05, 0.1) is 18.4 Å². The number of carbonyl (C=O) groups is 2. The third-order valence-corrected chi connectivity index (χ3v) is 5.73. The van der Waals surface area contributed by atoms with Crippen LogP contribution in [0.4, 0.5) is 21.9 Å². The molecule has 3 N–H and O–H groups in total. The lowest BCUT2D eigenvalue weighted by atomic mass is 10.1. The maximum atomic E-state index is 13.2. The topological polar surface area (TPSA) is 95.6 Å². The van der Waals surface area contributed by atoms with E-state index in [1.807, 2.05) is 36.4 Å². The highest BCUT2D eigenvalue weighted by Crippen LogP contribution is 2.28. The molecule has 0 spiro atoms. The number of benzene rings is 2. The molecule has 2 heterocycles. The molecule has 0 unspecified atom stereocenters. The monoisotopic (exact) mass is 459 g/mol. The molecule has 1 saturated heterocycles. The molecule has 3 amide bonds. The maximum Gasteiger partial charge on any atom is 0.323 e. The second-order valence-electron chi connectivity index (χ2n) is 8.10. The Morgan fingerprint density at radius 1 is 1.00 bits per heavy atom. The summed E-state index contributed by atoms with van der Waals surface area (Å²) in [6.45, 7) is 2.19. The Kier molecular flexibility index (Phi) is 7.60. The summed E-state index contributed by atoms with van der Waals surface area (Å²) >= 11 is 0. The van der Waals surface area contributed by atoms with E-state index in [4.69, 9.17) is 4.74 Å². The largest absolute Gasteiger partial charge is 0.495 e. The van der Waals surface area contributed by atoms with Gasteiger partial charge in [0, 0.05) is 43.4 Å². The van der Waals surface area contributed by atoms with E-state index >= 15 is 0 Å². The average molecular weight is 460 g/mol. The number of amides is 3. The van der Waals surface area contributed by atoms with Crippen LogP contribution in [0.2, 0.25) is 0 Å². The fraction of sp³-hybridized carbons (Fsp3) is 0.269. The molecule has 176 valence electrons. The van der Waals surface area contributed by atoms with Gasteiger partial charge in [0.25, 0.3) is 5.91 Å². The van der Waals surface area contributed by atoms with Gasteiger partial charge in [-0.1, -0.05) is 18.2 Å². The molecule has 8 nitrogen and oxygen atoms in total. The molecule has 0 bridgehead atoms. The third-order valence-electron chi connectivity index (χ3n) is 5.73. The van der Waals surface area contributed by atoms with E-state index in [0.29, 0.717) is 29.2 Å². The first kappa shape index (κ1) is 23.1. The smallest absolute Gasteiger partial charge is 0.323 e. The van der Waals surface area contributed by atoms with E-state index < -0.39 is 6.03 Å². The van der Waals surface area contributed by atoms with Crippen molar-refractivity contribution in [3.05, 3.63) is 78.1 Å². The molecular formula is C26H29N5O3. The van der Waals surface area contributed by atoms with Gasteiger partial charge in [0.15, 0.2) is 0 Å². The van der Waals surface area contributed by atoms with E-state index in [1.54, 1.807) is 37.7 Å². The molecular weight excluding hydrogens is 430 g/mol. The van der Waals surface area contributed by atoms with Crippen molar-refractivity contribution in [3.8, 4) is 5.75 Å². The molecule has 34 heavy (non-hydrogen) atoms. The molecule has 8 heteroatoms. The third kappa shape index (κ3) is 5.83. The Morgan fingerprint density at radius 3 is 2.59 bits per heavy atom. The number of urea groups is 1. The first-order valence-electron chi connectivity index (χ1n) is 11.4. The zero-order valence-electron chi connectivity index (χ0n) is 19.2. The quantitative estimate of drug-likeness (QED) is 0.478. The van der Waals surface area contributed by atoms with Crippen LogP contribution < -0.4 is 25.6 Å². The molecule has 0 radical (unpaired) electrons. The minimum absolute atomic E-state index is 0.196. The maximum absolute atomic E-state index is 13.2. The fourth-order valence-electron chi connectivity index (χ4n) is 4.02. The van der Waals surface area contributed by atoms with E-state index in [1.165, 1.54) is 6.42 Å². The van der Waals surface area contributed by atoms with Gasteiger partial charge in [-0.2, -0.15) is 0 Å². The molecule has 1 fully saturated rings. The average Bonchev–Trinajstić information content (AvgIpc) is 2.88. The number of para-hydroxylation sites is 2. The molecule has 1 aromatic heterocycles. The van der Waals surface area contributed by atoms with Gasteiger partial charge in [0.1, 0.15) is 5.75 Å². The summed E-state index contributed by atoms with van der Waals surface area (Å²) in [7, 11) is 1.55. The number of carbonyl (C=O) groups excluding carboxylic acids is 2. The minimum Gasteiger partial charge on any atom is -0.495 e. The fourth-order valence-corrected chi connectivity index (χ4v) is 4.02. The SMILES string of the molecule is COc1ccccc1NC(=O)Nc1ccc(N2CCCCC2)c(C(=O)NCc2cccnc2)c1. The van der Waals surface area contributed by atoms with Crippen molar-refractivity contribution >= 4 is 29.0 Å². The van der Waals surface area contributed by atoms with Gasteiger partial charge in [-0.05, 0) is 61.2 Å². The van der Waals surface area contributed by atoms with Gasteiger partial charge in [-0.15, -0.1) is 0 Å². The number of anilines is 3. The van der Waals surface area contributed by atoms with Crippen molar-refractivity contribution in [2.75, 3.05) is 35.7 Å². The molecule has 0 saturated carbocycles. The lowest BCUT2D eigenvalue weighted by Crippen LogP contribution is -2.33. The van der Waals surface area contributed by atoms with E-state index in [0.717, 1.165) is 37.2 Å². The van der Waals surface area contributed by atoms with Crippen LogP contribution in [0, 0.1) is 0 Å². The molecule has 1 aliphatic rings. The van der Waals surface area contributed by atoms with E-state index in [2.05, 4.69) is 25.8 Å². The number of hydrogen-bond donors (Lipinski definition) is 3. The number of methoxy groups -OCH3 is 1. The Hall–Kier alpha value is -4.07. The highest BCUT2D eigenvalue weighted by atomic mass is 16.5. The van der Waals surface area contributed by atoms with Crippen LogP contribution in [0.15, 0.2) is 67.0 Å². The lowest BCUT2D eigenvalue weighted by molar-refractivity contribution is 0.0951. The number of ether oxygens (including phenoxy) is 1. The molecule has 4 rings (SSSR count). The zero-order valence-corrected chi connectivity index (χ0v) is 19.2. The molecule has 0 aliphatic carbocycles. The summed E-state index contributed by atoms with van der Waals surface area (Å²) in [4.78, 5) is 32.2. The highest BCUT2D eigenvalue weighted by Gasteiger charge is 2.20. The summed E-state index contributed by atoms with van der Waals surface area (Å²) in [6, 6.07) is 16.0. The van der Waals surface area contributed by atoms with Crippen LogP contribution in [-0.2, 0) is 6.54 Å². The normalized spacial score (nSPS) is 13.1. The van der Waals surface area contributed by atoms with Crippen molar-refractivity contribution in [3.63, 3.8) is 0 Å². The van der Waals surface area contributed by atoms with Crippen LogP contribution in [0.5, 0.6) is 5.75 Å². The Labute approximate surface area is 199 Å². The second-order valence-corrected chi connectivity index (χ2v) is 8.10. The summed E-state index contributed by atoms with van der Waals surface area (Å²) in [6.07, 6.45) is 6.81. The van der Waals surface area contributed by atoms with Gasteiger partial charge in [-0.3, -0.25) is 9.78 Å². The van der Waals surface area contributed by atoms with Crippen molar-refractivity contribution in [1.82, 2.24) is 10.3 Å². The predicted molar refractivity (Wildman–Crippen MR) is 134 cm³/mol. The van der Waals surface area contributed by atoms with Crippen molar-refractivity contribution in [1.29, 1.82) is 0 Å². The lowest BCUT2D eigenvalue weighted by Gasteiger charge is -2.30. The Balaban J connectivity index is 1.52. The van der Waals surface area contributed by atoms with Crippen molar-refractivity contribution < 1.29 is 14.3 Å². The Morgan fingerprint density at radius 2 is 1.82 bits per heavy atom. The number of pyridine rings is 1. The first-order chi connectivity index (χ1) is 16.6. The Bertz CT molecular complexity index is 1130. The van der Waals surface area contributed by atoms with Gasteiger partial charge < -0.3 is 25.6 Å². The zero-order chi connectivity index (χ0) is 23.8. The summed E-state index contributed by atoms with van der Waals surface area (Å²) < 4.78 is 5.29. The van der Waals surface area contributed by atoms with E-state index in [-0.39, 0.29) is 5.91 Å². The summed E-state index contributed by atoms with van der Waals surface area (Å²) in [5.41, 5.74) is 3.40. The van der Waals surface area contributed by atoms with Crippen LogP contribution in [0.1, 0.15) is 35.2 Å². The standard InChI is InChI=1S/C26H29N5O3/c1-34-24-10-4-3-9-22(24)30-26(33)29-20-11-12-23(31-14-5-2-6-15-31)21(16-20)25(32)28-18-19-8-7-13-27-17-19/h3-4,7-13,16-17H,2,5-6,14-15,18H2,1H3,(H,28,32)(H2,29,30,33). The number of rotatable bonds is 7. The summed E-state index contributed by atoms with van der Waals surface area (Å²) in [5, 5.41) is 8.60. The number of aromatic nitrogens is 1. The highest BCUT2D eigenvalue weighted by molar-refractivity contribution is 6.04. The number of hydrogen-bond acceptors (Lipinski definition) is 5. The van der Waals surface area contributed by atoms with Crippen molar-refractivity contribution in [2.24, 2.45) is 0 Å². The second kappa shape index (κ2) is 11.2.